The van der Waals surface area contributed by atoms with Gasteiger partial charge in [-0.2, -0.15) is 0 Å². The fraction of sp³-hybridized carbons (Fsp3) is 0.650. The molecule has 0 bridgehead atoms. The molecule has 1 aliphatic carbocycles. The van der Waals surface area contributed by atoms with Crippen LogP contribution in [0.15, 0.2) is 24.5 Å². The molecular weight excluding hydrogens is 344 g/mol. The number of morpholine rings is 1. The van der Waals surface area contributed by atoms with Gasteiger partial charge < -0.3 is 4.74 Å². The predicted octanol–water partition coefficient (Wildman–Crippen LogP) is 2.94. The van der Waals surface area contributed by atoms with E-state index in [1.165, 1.54) is 11.3 Å². The number of carbonyl (C=O) groups is 2. The zero-order valence-electron chi connectivity index (χ0n) is 16.2. The van der Waals surface area contributed by atoms with Gasteiger partial charge in [0, 0.05) is 43.6 Å². The minimum Gasteiger partial charge on any atom is -0.379 e. The lowest BCUT2D eigenvalue weighted by Crippen LogP contribution is -2.59. The fourth-order valence-corrected chi connectivity index (χ4v) is 3.87. The van der Waals surface area contributed by atoms with Gasteiger partial charge in [0.25, 0.3) is 5.91 Å². The van der Waals surface area contributed by atoms with Crippen LogP contribution in [0.25, 0.3) is 0 Å². The third kappa shape index (κ3) is 4.84. The highest BCUT2D eigenvalue weighted by Gasteiger charge is 2.36. The Morgan fingerprint density at radius 2 is 1.81 bits per heavy atom. The second kappa shape index (κ2) is 9.80. The number of aromatic nitrogens is 1. The second-order valence-electron chi connectivity index (χ2n) is 7.17. The minimum absolute atomic E-state index is 0.0349. The van der Waals surface area contributed by atoms with Crippen LogP contribution < -0.4 is 0 Å². The largest absolute Gasteiger partial charge is 0.379 e. The molecule has 1 aliphatic heterocycles. The fourth-order valence-electron chi connectivity index (χ4n) is 3.87. The number of urea groups is 1. The molecule has 2 fully saturated rings. The third-order valence-corrected chi connectivity index (χ3v) is 5.28. The van der Waals surface area contributed by atoms with Crippen LogP contribution in [-0.2, 0) is 4.74 Å². The number of rotatable bonds is 5. The van der Waals surface area contributed by atoms with Crippen LogP contribution in [-0.4, -0.2) is 70.7 Å². The summed E-state index contributed by atoms with van der Waals surface area (Å²) in [6.07, 6.45) is 9.09. The maximum absolute atomic E-state index is 13.6. The van der Waals surface area contributed by atoms with E-state index in [4.69, 9.17) is 4.74 Å². The smallest absolute Gasteiger partial charge is 0.341 e. The molecular formula is C20H30N4O3. The summed E-state index contributed by atoms with van der Waals surface area (Å²) in [5, 5.41) is 3.79. The summed E-state index contributed by atoms with van der Waals surface area (Å²) in [6, 6.07) is 3.13. The lowest BCUT2D eigenvalue weighted by Gasteiger charge is -2.42. The molecule has 0 aromatic carbocycles. The molecule has 1 aromatic heterocycles. The van der Waals surface area contributed by atoms with Crippen molar-refractivity contribution in [1.29, 1.82) is 0 Å². The van der Waals surface area contributed by atoms with Gasteiger partial charge in [-0.1, -0.05) is 26.2 Å². The van der Waals surface area contributed by atoms with Crippen molar-refractivity contribution in [2.24, 2.45) is 0 Å². The first kappa shape index (κ1) is 19.8. The van der Waals surface area contributed by atoms with Crippen molar-refractivity contribution in [3.63, 3.8) is 0 Å². The number of carbonyl (C=O) groups excluding carboxylic acids is 2. The summed E-state index contributed by atoms with van der Waals surface area (Å²) in [6.45, 7) is 5.22. The summed E-state index contributed by atoms with van der Waals surface area (Å²) >= 11 is 0. The summed E-state index contributed by atoms with van der Waals surface area (Å²) in [4.78, 5) is 32.4. The van der Waals surface area contributed by atoms with Crippen LogP contribution in [0.5, 0.6) is 0 Å². The van der Waals surface area contributed by atoms with Gasteiger partial charge in [-0.15, -0.1) is 0 Å². The van der Waals surface area contributed by atoms with Gasteiger partial charge in [0.05, 0.1) is 13.2 Å². The molecule has 2 heterocycles. The zero-order chi connectivity index (χ0) is 19.1. The number of amides is 3. The number of hydrogen-bond acceptors (Lipinski definition) is 5. The molecule has 3 rings (SSSR count). The summed E-state index contributed by atoms with van der Waals surface area (Å²) in [5.41, 5.74) is 0.516. The van der Waals surface area contributed by atoms with Gasteiger partial charge in [0.15, 0.2) is 0 Å². The lowest BCUT2D eigenvalue weighted by atomic mass is 9.94. The standard InChI is InChI=1S/C20H30N4O3/c1-2-12-23(22-13-15-27-16-14-22)20(26)24(18-6-4-3-5-7-18)19(25)17-8-10-21-11-9-17/h8-11,18H,2-7,12-16H2,1H3. The summed E-state index contributed by atoms with van der Waals surface area (Å²) in [7, 11) is 0. The average molecular weight is 374 g/mol. The molecule has 0 radical (unpaired) electrons. The predicted molar refractivity (Wildman–Crippen MR) is 102 cm³/mol. The van der Waals surface area contributed by atoms with E-state index < -0.39 is 0 Å². The van der Waals surface area contributed by atoms with E-state index in [2.05, 4.69) is 11.9 Å². The number of hydrazine groups is 1. The summed E-state index contributed by atoms with van der Waals surface area (Å²) < 4.78 is 5.43. The highest BCUT2D eigenvalue weighted by atomic mass is 16.5. The monoisotopic (exact) mass is 374 g/mol. The number of hydrogen-bond donors (Lipinski definition) is 0. The first-order valence-corrected chi connectivity index (χ1v) is 10.1. The molecule has 1 saturated carbocycles. The topological polar surface area (TPSA) is 66.0 Å². The van der Waals surface area contributed by atoms with Gasteiger partial charge in [-0.25, -0.2) is 9.80 Å². The van der Waals surface area contributed by atoms with Crippen LogP contribution >= 0.6 is 0 Å². The first-order chi connectivity index (χ1) is 13.2. The second-order valence-corrected chi connectivity index (χ2v) is 7.17. The van der Waals surface area contributed by atoms with Crippen molar-refractivity contribution >= 4 is 11.9 Å². The maximum atomic E-state index is 13.6. The highest BCUT2D eigenvalue weighted by molar-refractivity contribution is 6.04. The Bertz CT molecular complexity index is 613. The van der Waals surface area contributed by atoms with E-state index in [9.17, 15) is 9.59 Å². The van der Waals surface area contributed by atoms with Crippen molar-refractivity contribution in [1.82, 2.24) is 19.9 Å². The van der Waals surface area contributed by atoms with E-state index in [0.717, 1.165) is 32.1 Å². The molecule has 0 unspecified atom stereocenters. The number of pyridine rings is 1. The van der Waals surface area contributed by atoms with Crippen molar-refractivity contribution in [3.05, 3.63) is 30.1 Å². The van der Waals surface area contributed by atoms with Crippen LogP contribution in [0.2, 0.25) is 0 Å². The Labute approximate surface area is 161 Å². The van der Waals surface area contributed by atoms with Crippen molar-refractivity contribution in [2.75, 3.05) is 32.8 Å². The molecule has 1 saturated heterocycles. The van der Waals surface area contributed by atoms with Crippen LogP contribution in [0.1, 0.15) is 55.8 Å². The van der Waals surface area contributed by atoms with Crippen LogP contribution in [0.3, 0.4) is 0 Å². The number of imide groups is 1. The lowest BCUT2D eigenvalue weighted by molar-refractivity contribution is -0.0702. The maximum Gasteiger partial charge on any atom is 0.341 e. The molecule has 7 heteroatoms. The molecule has 0 spiro atoms. The first-order valence-electron chi connectivity index (χ1n) is 10.1. The van der Waals surface area contributed by atoms with Gasteiger partial charge in [0.1, 0.15) is 0 Å². The van der Waals surface area contributed by atoms with E-state index in [1.54, 1.807) is 29.5 Å². The van der Waals surface area contributed by atoms with Gasteiger partial charge in [-0.05, 0) is 31.4 Å². The Hall–Kier alpha value is -1.99. The molecule has 7 nitrogen and oxygen atoms in total. The zero-order valence-corrected chi connectivity index (χ0v) is 16.2. The normalized spacial score (nSPS) is 18.9. The van der Waals surface area contributed by atoms with E-state index >= 15 is 0 Å². The van der Waals surface area contributed by atoms with Crippen molar-refractivity contribution in [2.45, 2.75) is 51.5 Å². The third-order valence-electron chi connectivity index (χ3n) is 5.28. The molecule has 2 aliphatic rings. The highest BCUT2D eigenvalue weighted by Crippen LogP contribution is 2.26. The SMILES string of the molecule is CCCN(C(=O)N(C(=O)c1ccncc1)C1CCCCC1)N1CCOCC1. The Kier molecular flexibility index (Phi) is 7.18. The molecule has 0 N–H and O–H groups in total. The molecule has 3 amide bonds. The van der Waals surface area contributed by atoms with Gasteiger partial charge >= 0.3 is 6.03 Å². The molecule has 27 heavy (non-hydrogen) atoms. The van der Waals surface area contributed by atoms with Crippen LogP contribution in [0, 0.1) is 0 Å². The molecule has 1 aromatic rings. The molecule has 0 atom stereocenters. The quantitative estimate of drug-likeness (QED) is 0.793. The van der Waals surface area contributed by atoms with Gasteiger partial charge in [-0.3, -0.25) is 19.7 Å². The van der Waals surface area contributed by atoms with Crippen LogP contribution in [0.4, 0.5) is 4.79 Å². The summed E-state index contributed by atoms with van der Waals surface area (Å²) in [5.74, 6) is -0.219. The van der Waals surface area contributed by atoms with Gasteiger partial charge in [0.2, 0.25) is 0 Å². The van der Waals surface area contributed by atoms with E-state index in [1.807, 2.05) is 5.01 Å². The van der Waals surface area contributed by atoms with E-state index in [0.29, 0.717) is 38.4 Å². The molecule has 148 valence electrons. The van der Waals surface area contributed by atoms with Crippen molar-refractivity contribution in [3.8, 4) is 0 Å². The van der Waals surface area contributed by atoms with Crippen molar-refractivity contribution < 1.29 is 14.3 Å². The number of ether oxygens (including phenoxy) is 1. The Morgan fingerprint density at radius 1 is 1.15 bits per heavy atom. The Morgan fingerprint density at radius 3 is 2.44 bits per heavy atom. The average Bonchev–Trinajstić information content (AvgIpc) is 2.74. The minimum atomic E-state index is -0.219. The van der Waals surface area contributed by atoms with E-state index in [-0.39, 0.29) is 18.0 Å². The number of nitrogens with zero attached hydrogens (tertiary/aromatic N) is 4. The Balaban J connectivity index is 1.87.